The fraction of sp³-hybridized carbons (Fsp3) is 0.429. The molecule has 1 fully saturated rings. The Hall–Kier alpha value is -2.24. The maximum absolute atomic E-state index is 11.7. The summed E-state index contributed by atoms with van der Waals surface area (Å²) >= 11 is 0. The van der Waals surface area contributed by atoms with E-state index >= 15 is 0 Å². The van der Waals surface area contributed by atoms with E-state index in [1.807, 2.05) is 0 Å². The van der Waals surface area contributed by atoms with Gasteiger partial charge >= 0.3 is 0 Å². The third-order valence-corrected chi connectivity index (χ3v) is 3.20. The highest BCUT2D eigenvalue weighted by Gasteiger charge is 2.29. The molecule has 2 N–H and O–H groups in total. The van der Waals surface area contributed by atoms with Crippen LogP contribution in [-0.2, 0) is 9.59 Å². The van der Waals surface area contributed by atoms with E-state index in [0.29, 0.717) is 30.4 Å². The van der Waals surface area contributed by atoms with E-state index in [0.717, 1.165) is 12.8 Å². The van der Waals surface area contributed by atoms with Crippen LogP contribution < -0.4 is 20.1 Å². The van der Waals surface area contributed by atoms with Gasteiger partial charge in [-0.15, -0.1) is 0 Å². The lowest BCUT2D eigenvalue weighted by Gasteiger charge is -2.19. The van der Waals surface area contributed by atoms with Crippen molar-refractivity contribution >= 4 is 17.5 Å². The Morgan fingerprint density at radius 2 is 1.90 bits per heavy atom. The van der Waals surface area contributed by atoms with Crippen molar-refractivity contribution in [2.45, 2.75) is 12.8 Å². The van der Waals surface area contributed by atoms with Crippen molar-refractivity contribution in [3.05, 3.63) is 18.2 Å². The number of hydrogen-bond donors (Lipinski definition) is 2. The van der Waals surface area contributed by atoms with Crippen LogP contribution in [0.2, 0.25) is 0 Å². The Morgan fingerprint density at radius 3 is 2.65 bits per heavy atom. The number of hydrogen-bond acceptors (Lipinski definition) is 4. The number of benzene rings is 1. The number of carbonyl (C=O) groups excluding carboxylic acids is 2. The van der Waals surface area contributed by atoms with Crippen LogP contribution in [0, 0.1) is 5.92 Å². The molecule has 0 atom stereocenters. The number of anilines is 1. The second-order valence-corrected chi connectivity index (χ2v) is 4.90. The summed E-state index contributed by atoms with van der Waals surface area (Å²) < 4.78 is 10.8. The molecule has 1 heterocycles. The first-order chi connectivity index (χ1) is 9.72. The molecule has 106 valence electrons. The molecule has 1 saturated carbocycles. The molecule has 0 bridgehead atoms. The minimum Gasteiger partial charge on any atom is -0.486 e. The Morgan fingerprint density at radius 1 is 1.15 bits per heavy atom. The van der Waals surface area contributed by atoms with E-state index < -0.39 is 0 Å². The van der Waals surface area contributed by atoms with Crippen molar-refractivity contribution in [1.29, 1.82) is 0 Å². The highest BCUT2D eigenvalue weighted by molar-refractivity contribution is 5.95. The molecule has 1 aromatic rings. The van der Waals surface area contributed by atoms with E-state index in [-0.39, 0.29) is 24.3 Å². The summed E-state index contributed by atoms with van der Waals surface area (Å²) in [5.74, 6) is 1.11. The molecule has 1 aliphatic carbocycles. The summed E-state index contributed by atoms with van der Waals surface area (Å²) in [6.07, 6.45) is 1.85. The Labute approximate surface area is 116 Å². The van der Waals surface area contributed by atoms with Gasteiger partial charge in [0.05, 0.1) is 6.54 Å². The van der Waals surface area contributed by atoms with Crippen molar-refractivity contribution in [1.82, 2.24) is 5.32 Å². The number of nitrogens with one attached hydrogen (secondary N) is 2. The zero-order valence-corrected chi connectivity index (χ0v) is 11.0. The number of rotatable bonds is 4. The lowest BCUT2D eigenvalue weighted by Crippen LogP contribution is -2.33. The zero-order valence-electron chi connectivity index (χ0n) is 11.0. The summed E-state index contributed by atoms with van der Waals surface area (Å²) in [5.41, 5.74) is 0.625. The topological polar surface area (TPSA) is 76.7 Å². The first-order valence-corrected chi connectivity index (χ1v) is 6.69. The molecule has 0 spiro atoms. The second-order valence-electron chi connectivity index (χ2n) is 4.90. The van der Waals surface area contributed by atoms with E-state index in [9.17, 15) is 9.59 Å². The fourth-order valence-corrected chi connectivity index (χ4v) is 1.98. The zero-order chi connectivity index (χ0) is 13.9. The first-order valence-electron chi connectivity index (χ1n) is 6.69. The maximum atomic E-state index is 11.7. The van der Waals surface area contributed by atoms with Crippen LogP contribution in [0.4, 0.5) is 5.69 Å². The Kier molecular flexibility index (Phi) is 3.45. The normalized spacial score (nSPS) is 16.4. The lowest BCUT2D eigenvalue weighted by molar-refractivity contribution is -0.125. The van der Waals surface area contributed by atoms with E-state index in [2.05, 4.69) is 10.6 Å². The molecule has 0 aromatic heterocycles. The summed E-state index contributed by atoms with van der Waals surface area (Å²) in [7, 11) is 0. The van der Waals surface area contributed by atoms with E-state index in [1.54, 1.807) is 18.2 Å². The van der Waals surface area contributed by atoms with E-state index in [1.165, 1.54) is 0 Å². The van der Waals surface area contributed by atoms with Gasteiger partial charge in [-0.05, 0) is 25.0 Å². The van der Waals surface area contributed by atoms with Gasteiger partial charge in [-0.1, -0.05) is 0 Å². The number of fused-ring (bicyclic) bond motifs is 1. The van der Waals surface area contributed by atoms with Crippen LogP contribution in [0.1, 0.15) is 12.8 Å². The van der Waals surface area contributed by atoms with Gasteiger partial charge in [0.15, 0.2) is 11.5 Å². The monoisotopic (exact) mass is 276 g/mol. The third-order valence-electron chi connectivity index (χ3n) is 3.20. The van der Waals surface area contributed by atoms with Crippen molar-refractivity contribution in [2.75, 3.05) is 25.1 Å². The highest BCUT2D eigenvalue weighted by Crippen LogP contribution is 2.32. The number of ether oxygens (including phenoxy) is 2. The molecular weight excluding hydrogens is 260 g/mol. The van der Waals surface area contributed by atoms with Crippen molar-refractivity contribution in [2.24, 2.45) is 5.92 Å². The minimum atomic E-state index is -0.254. The average molecular weight is 276 g/mol. The molecule has 0 radical (unpaired) electrons. The SMILES string of the molecule is O=C(CNC(=O)C1CC1)Nc1ccc2c(c1)OCCO2. The molecule has 2 aliphatic rings. The second kappa shape index (κ2) is 5.40. The van der Waals surface area contributed by atoms with Gasteiger partial charge in [-0.25, -0.2) is 0 Å². The molecule has 20 heavy (non-hydrogen) atoms. The molecule has 0 unspecified atom stereocenters. The molecular formula is C14H16N2O4. The minimum absolute atomic E-state index is 0.0101. The third kappa shape index (κ3) is 3.01. The summed E-state index contributed by atoms with van der Waals surface area (Å²) in [5, 5.41) is 5.34. The predicted molar refractivity (Wildman–Crippen MR) is 71.8 cm³/mol. The van der Waals surface area contributed by atoms with Gasteiger partial charge in [-0.3, -0.25) is 9.59 Å². The molecule has 1 aliphatic heterocycles. The molecule has 6 heteroatoms. The van der Waals surface area contributed by atoms with Crippen molar-refractivity contribution in [3.63, 3.8) is 0 Å². The first kappa shape index (κ1) is 12.8. The fourth-order valence-electron chi connectivity index (χ4n) is 1.98. The quantitative estimate of drug-likeness (QED) is 0.857. The van der Waals surface area contributed by atoms with Crippen LogP contribution in [0.25, 0.3) is 0 Å². The molecule has 0 saturated heterocycles. The van der Waals surface area contributed by atoms with Gasteiger partial charge in [0.25, 0.3) is 0 Å². The standard InChI is InChI=1S/C14H16N2O4/c17-13(8-15-14(18)9-1-2-9)16-10-3-4-11-12(7-10)20-6-5-19-11/h3-4,7,9H,1-2,5-6,8H2,(H,15,18)(H,16,17). The number of amides is 2. The van der Waals surface area contributed by atoms with Crippen LogP contribution in [0.5, 0.6) is 11.5 Å². The largest absolute Gasteiger partial charge is 0.486 e. The summed E-state index contributed by atoms with van der Waals surface area (Å²) in [6.45, 7) is 1.03. The lowest BCUT2D eigenvalue weighted by atomic mass is 10.2. The summed E-state index contributed by atoms with van der Waals surface area (Å²) in [4.78, 5) is 23.2. The highest BCUT2D eigenvalue weighted by atomic mass is 16.6. The molecule has 6 nitrogen and oxygen atoms in total. The van der Waals surface area contributed by atoms with Crippen LogP contribution in [-0.4, -0.2) is 31.6 Å². The Balaban J connectivity index is 1.54. The molecule has 3 rings (SSSR count). The maximum Gasteiger partial charge on any atom is 0.243 e. The smallest absolute Gasteiger partial charge is 0.243 e. The number of carbonyl (C=O) groups is 2. The molecule has 2 amide bonds. The van der Waals surface area contributed by atoms with Crippen LogP contribution in [0.15, 0.2) is 18.2 Å². The average Bonchev–Trinajstić information content (AvgIpc) is 3.29. The van der Waals surface area contributed by atoms with Gasteiger partial charge in [0, 0.05) is 17.7 Å². The van der Waals surface area contributed by atoms with Gasteiger partial charge in [0.2, 0.25) is 11.8 Å². The van der Waals surface area contributed by atoms with E-state index in [4.69, 9.17) is 9.47 Å². The summed E-state index contributed by atoms with van der Waals surface area (Å²) in [6, 6.07) is 5.22. The van der Waals surface area contributed by atoms with Gasteiger partial charge in [-0.2, -0.15) is 0 Å². The van der Waals surface area contributed by atoms with Gasteiger partial charge < -0.3 is 20.1 Å². The van der Waals surface area contributed by atoms with Gasteiger partial charge in [0.1, 0.15) is 13.2 Å². The molecule has 1 aromatic carbocycles. The predicted octanol–water partition coefficient (Wildman–Crippen LogP) is 0.922. The van der Waals surface area contributed by atoms with Crippen LogP contribution in [0.3, 0.4) is 0 Å². The Bertz CT molecular complexity index is 540. The van der Waals surface area contributed by atoms with Crippen molar-refractivity contribution in [3.8, 4) is 11.5 Å². The van der Waals surface area contributed by atoms with Crippen LogP contribution >= 0.6 is 0 Å². The van der Waals surface area contributed by atoms with Crippen molar-refractivity contribution < 1.29 is 19.1 Å².